The molecule has 0 radical (unpaired) electrons. The number of amides is 2. The lowest BCUT2D eigenvalue weighted by Gasteiger charge is -2.36. The molecular formula is C24H26ClF2N3O2. The van der Waals surface area contributed by atoms with E-state index in [2.05, 4.69) is 5.32 Å². The number of carbonyl (C=O) groups excluding carboxylic acids is 2. The average molecular weight is 462 g/mol. The minimum Gasteiger partial charge on any atom is -0.339 e. The summed E-state index contributed by atoms with van der Waals surface area (Å²) in [6.45, 7) is 1.78. The second kappa shape index (κ2) is 9.55. The summed E-state index contributed by atoms with van der Waals surface area (Å²) in [4.78, 5) is 29.2. The van der Waals surface area contributed by atoms with Crippen LogP contribution in [0.3, 0.4) is 0 Å². The van der Waals surface area contributed by atoms with E-state index in [9.17, 15) is 18.4 Å². The van der Waals surface area contributed by atoms with Crippen LogP contribution >= 0.6 is 11.6 Å². The highest BCUT2D eigenvalue weighted by Gasteiger charge is 2.33. The molecule has 0 saturated carbocycles. The molecule has 170 valence electrons. The lowest BCUT2D eigenvalue weighted by Crippen LogP contribution is -2.51. The van der Waals surface area contributed by atoms with E-state index in [0.717, 1.165) is 17.5 Å². The van der Waals surface area contributed by atoms with Crippen molar-refractivity contribution in [2.75, 3.05) is 33.2 Å². The van der Waals surface area contributed by atoms with Gasteiger partial charge in [0, 0.05) is 44.6 Å². The van der Waals surface area contributed by atoms with Crippen LogP contribution in [0.15, 0.2) is 36.4 Å². The highest BCUT2D eigenvalue weighted by molar-refractivity contribution is 6.33. The van der Waals surface area contributed by atoms with Crippen LogP contribution in [0.1, 0.15) is 40.2 Å². The molecule has 2 amide bonds. The van der Waals surface area contributed by atoms with E-state index >= 15 is 0 Å². The molecule has 1 aliphatic carbocycles. The minimum atomic E-state index is -0.851. The molecule has 2 aromatic rings. The van der Waals surface area contributed by atoms with Gasteiger partial charge in [0.15, 0.2) is 11.6 Å². The molecule has 4 rings (SSSR count). The Morgan fingerprint density at radius 3 is 2.44 bits per heavy atom. The van der Waals surface area contributed by atoms with Gasteiger partial charge < -0.3 is 15.1 Å². The summed E-state index contributed by atoms with van der Waals surface area (Å²) < 4.78 is 27.4. The summed E-state index contributed by atoms with van der Waals surface area (Å²) in [7, 11) is 1.79. The number of fused-ring (bicyclic) bond motifs is 1. The summed E-state index contributed by atoms with van der Waals surface area (Å²) in [5, 5.41) is 3.62. The Morgan fingerprint density at radius 1 is 1.09 bits per heavy atom. The molecule has 0 spiro atoms. The molecule has 1 N–H and O–H groups in total. The number of nitrogens with zero attached hydrogens (tertiary/aromatic N) is 2. The van der Waals surface area contributed by atoms with Crippen LogP contribution in [0.5, 0.6) is 0 Å². The molecule has 0 aromatic heterocycles. The van der Waals surface area contributed by atoms with Crippen molar-refractivity contribution in [2.45, 2.75) is 31.2 Å². The number of benzene rings is 2. The van der Waals surface area contributed by atoms with Crippen molar-refractivity contribution in [1.82, 2.24) is 15.1 Å². The van der Waals surface area contributed by atoms with Crippen LogP contribution in [0.25, 0.3) is 0 Å². The van der Waals surface area contributed by atoms with E-state index in [1.807, 2.05) is 0 Å². The quantitative estimate of drug-likeness (QED) is 0.740. The molecule has 0 bridgehead atoms. The zero-order valence-corrected chi connectivity index (χ0v) is 18.7. The van der Waals surface area contributed by atoms with Gasteiger partial charge in [-0.3, -0.25) is 9.59 Å². The first-order valence-corrected chi connectivity index (χ1v) is 11.2. The third-order valence-electron chi connectivity index (χ3n) is 6.58. The van der Waals surface area contributed by atoms with E-state index in [4.69, 9.17) is 11.6 Å². The first kappa shape index (κ1) is 22.7. The lowest BCUT2D eigenvalue weighted by atomic mass is 9.90. The molecule has 2 unspecified atom stereocenters. The molecule has 2 aromatic carbocycles. The Balaban J connectivity index is 1.36. The number of hydrogen-bond donors (Lipinski definition) is 1. The highest BCUT2D eigenvalue weighted by Crippen LogP contribution is 2.37. The Labute approximate surface area is 191 Å². The highest BCUT2D eigenvalue weighted by atomic mass is 35.5. The number of rotatable bonds is 5. The van der Waals surface area contributed by atoms with Crippen molar-refractivity contribution in [3.05, 3.63) is 69.7 Å². The maximum absolute atomic E-state index is 13.8. The maximum atomic E-state index is 13.8. The zero-order chi connectivity index (χ0) is 22.8. The van der Waals surface area contributed by atoms with E-state index in [1.54, 1.807) is 41.1 Å². The van der Waals surface area contributed by atoms with Gasteiger partial charge in [0.1, 0.15) is 0 Å². The maximum Gasteiger partial charge on any atom is 0.255 e. The van der Waals surface area contributed by atoms with Gasteiger partial charge in [0.25, 0.3) is 5.91 Å². The summed E-state index contributed by atoms with van der Waals surface area (Å²) in [6, 6.07) is 9.32. The number of carbonyl (C=O) groups is 2. The zero-order valence-electron chi connectivity index (χ0n) is 17.9. The molecular weight excluding hydrogens is 436 g/mol. The second-order valence-corrected chi connectivity index (χ2v) is 8.77. The van der Waals surface area contributed by atoms with Crippen LogP contribution < -0.4 is 5.32 Å². The topological polar surface area (TPSA) is 52.7 Å². The van der Waals surface area contributed by atoms with E-state index < -0.39 is 11.6 Å². The summed E-state index contributed by atoms with van der Waals surface area (Å²) >= 11 is 6.14. The van der Waals surface area contributed by atoms with Crippen molar-refractivity contribution >= 4 is 23.4 Å². The van der Waals surface area contributed by atoms with Crippen LogP contribution in [0, 0.1) is 11.6 Å². The third-order valence-corrected chi connectivity index (χ3v) is 6.91. The normalized spacial score (nSPS) is 19.1. The van der Waals surface area contributed by atoms with Crippen molar-refractivity contribution in [3.8, 4) is 0 Å². The summed E-state index contributed by atoms with van der Waals surface area (Å²) in [6.07, 6.45) is 1.68. The van der Waals surface area contributed by atoms with Gasteiger partial charge in [0.2, 0.25) is 5.91 Å². The number of halogens is 3. The number of aryl methyl sites for hydroxylation is 1. The van der Waals surface area contributed by atoms with Crippen molar-refractivity contribution in [3.63, 3.8) is 0 Å². The molecule has 1 saturated heterocycles. The Bertz CT molecular complexity index is 1020. The van der Waals surface area contributed by atoms with Crippen molar-refractivity contribution in [2.24, 2.45) is 0 Å². The Hall–Kier alpha value is -2.51. The van der Waals surface area contributed by atoms with E-state index in [0.29, 0.717) is 43.2 Å². The molecule has 2 atom stereocenters. The standard InChI is InChI=1S/C24H26ClF2N3O2/c1-28-22(16-7-6-15-12-20(26)21(27)13-18(15)16)14-23(31)29-8-10-30(11-9-29)24(32)17-4-2-3-5-19(17)25/h2-5,12-13,16,22,28H,6-11,14H2,1H3. The fourth-order valence-corrected chi connectivity index (χ4v) is 4.99. The fraction of sp³-hybridized carbons (Fsp3) is 0.417. The van der Waals surface area contributed by atoms with Gasteiger partial charge in [-0.05, 0) is 55.3 Å². The molecule has 5 nitrogen and oxygen atoms in total. The van der Waals surface area contributed by atoms with Crippen LogP contribution in [-0.4, -0.2) is 60.9 Å². The summed E-state index contributed by atoms with van der Waals surface area (Å²) in [5.41, 5.74) is 2.06. The molecule has 8 heteroatoms. The van der Waals surface area contributed by atoms with Crippen LogP contribution in [0.2, 0.25) is 5.02 Å². The SMILES string of the molecule is CNC(CC(=O)N1CCN(C(=O)c2ccccc2Cl)CC1)C1CCc2cc(F)c(F)cc21. The number of piperazine rings is 1. The molecule has 1 heterocycles. The fourth-order valence-electron chi connectivity index (χ4n) is 4.78. The first-order chi connectivity index (χ1) is 15.4. The second-order valence-electron chi connectivity index (χ2n) is 8.36. The van der Waals surface area contributed by atoms with Gasteiger partial charge in [-0.2, -0.15) is 0 Å². The van der Waals surface area contributed by atoms with Gasteiger partial charge >= 0.3 is 0 Å². The van der Waals surface area contributed by atoms with Gasteiger partial charge in [-0.25, -0.2) is 8.78 Å². The van der Waals surface area contributed by atoms with Crippen LogP contribution in [-0.2, 0) is 11.2 Å². The molecule has 1 fully saturated rings. The van der Waals surface area contributed by atoms with E-state index in [1.165, 1.54) is 12.1 Å². The monoisotopic (exact) mass is 461 g/mol. The van der Waals surface area contributed by atoms with Gasteiger partial charge in [-0.15, -0.1) is 0 Å². The lowest BCUT2D eigenvalue weighted by molar-refractivity contribution is -0.133. The first-order valence-electron chi connectivity index (χ1n) is 10.9. The predicted octanol–water partition coefficient (Wildman–Crippen LogP) is 3.61. The minimum absolute atomic E-state index is 0.00905. The largest absolute Gasteiger partial charge is 0.339 e. The Morgan fingerprint density at radius 2 is 1.75 bits per heavy atom. The molecule has 1 aliphatic heterocycles. The van der Waals surface area contributed by atoms with Gasteiger partial charge in [-0.1, -0.05) is 23.7 Å². The average Bonchev–Trinajstić information content (AvgIpc) is 3.20. The van der Waals surface area contributed by atoms with E-state index in [-0.39, 0.29) is 30.2 Å². The summed E-state index contributed by atoms with van der Waals surface area (Å²) in [5.74, 6) is -1.86. The number of nitrogens with one attached hydrogen (secondary N) is 1. The number of hydrogen-bond acceptors (Lipinski definition) is 3. The number of likely N-dealkylation sites (N-methyl/N-ethyl adjacent to an activating group) is 1. The Kier molecular flexibility index (Phi) is 6.76. The third kappa shape index (κ3) is 4.50. The predicted molar refractivity (Wildman–Crippen MR) is 119 cm³/mol. The molecule has 32 heavy (non-hydrogen) atoms. The smallest absolute Gasteiger partial charge is 0.255 e. The van der Waals surface area contributed by atoms with Crippen LogP contribution in [0.4, 0.5) is 8.78 Å². The van der Waals surface area contributed by atoms with Crippen molar-refractivity contribution in [1.29, 1.82) is 0 Å². The van der Waals surface area contributed by atoms with Gasteiger partial charge in [0.05, 0.1) is 10.6 Å². The molecule has 2 aliphatic rings. The van der Waals surface area contributed by atoms with Crippen molar-refractivity contribution < 1.29 is 18.4 Å².